The largest absolute Gasteiger partial charge is 0.324 e. The zero-order valence-electron chi connectivity index (χ0n) is 18.5. The number of carbonyl (C=O) groups is 1. The molecule has 3 aromatic rings. The lowest BCUT2D eigenvalue weighted by Gasteiger charge is -2.30. The van der Waals surface area contributed by atoms with E-state index in [4.69, 9.17) is 0 Å². The van der Waals surface area contributed by atoms with Crippen LogP contribution in [0, 0.1) is 10.1 Å². The summed E-state index contributed by atoms with van der Waals surface area (Å²) in [5, 5.41) is 13.9. The predicted octanol–water partition coefficient (Wildman–Crippen LogP) is 3.74. The van der Waals surface area contributed by atoms with Gasteiger partial charge in [0, 0.05) is 23.9 Å². The van der Waals surface area contributed by atoms with Crippen molar-refractivity contribution in [2.45, 2.75) is 39.3 Å². The minimum atomic E-state index is -3.95. The third kappa shape index (κ3) is 5.06. The fraction of sp³-hybridized carbons (Fsp3) is 0.333. The minimum Gasteiger partial charge on any atom is -0.324 e. The molecule has 0 saturated carbocycles. The fourth-order valence-electron chi connectivity index (χ4n) is 3.63. The number of hydrogen-bond acceptors (Lipinski definition) is 7. The number of aromatic nitrogens is 1. The molecule has 0 bridgehead atoms. The van der Waals surface area contributed by atoms with E-state index in [1.807, 2.05) is 13.8 Å². The van der Waals surface area contributed by atoms with Crippen LogP contribution in [0.4, 0.5) is 17.1 Å². The van der Waals surface area contributed by atoms with Crippen LogP contribution in [0.15, 0.2) is 47.3 Å². The second-order valence-corrected chi connectivity index (χ2v) is 10.6. The summed E-state index contributed by atoms with van der Waals surface area (Å²) in [4.78, 5) is 35.8. The van der Waals surface area contributed by atoms with E-state index in [9.17, 15) is 28.1 Å². The van der Waals surface area contributed by atoms with Crippen molar-refractivity contribution in [3.05, 3.63) is 62.2 Å². The van der Waals surface area contributed by atoms with E-state index in [1.54, 1.807) is 29.7 Å². The van der Waals surface area contributed by atoms with E-state index in [0.29, 0.717) is 10.4 Å². The SMILES string of the molecule is CCC(C(=O)Nc1ccc2c(c1)sc(=O)n2C(C)C)N(c1cccc([N+](=O)[O-])c1)S(C)(=O)=O. The molecule has 0 aliphatic carbocycles. The Morgan fingerprint density at radius 3 is 2.52 bits per heavy atom. The van der Waals surface area contributed by atoms with Gasteiger partial charge in [-0.2, -0.15) is 0 Å². The van der Waals surface area contributed by atoms with Crippen LogP contribution in [0.3, 0.4) is 0 Å². The number of sulfonamides is 1. The molecular weight excluding hydrogens is 468 g/mol. The van der Waals surface area contributed by atoms with Gasteiger partial charge in [-0.1, -0.05) is 24.3 Å². The van der Waals surface area contributed by atoms with Gasteiger partial charge >= 0.3 is 4.87 Å². The van der Waals surface area contributed by atoms with Gasteiger partial charge in [0.15, 0.2) is 0 Å². The van der Waals surface area contributed by atoms with Crippen molar-refractivity contribution in [2.75, 3.05) is 15.9 Å². The van der Waals surface area contributed by atoms with Gasteiger partial charge in [0.25, 0.3) is 5.69 Å². The molecule has 0 spiro atoms. The summed E-state index contributed by atoms with van der Waals surface area (Å²) in [6.45, 7) is 5.46. The summed E-state index contributed by atoms with van der Waals surface area (Å²) in [5.41, 5.74) is 0.901. The van der Waals surface area contributed by atoms with Gasteiger partial charge in [0.05, 0.1) is 27.1 Å². The van der Waals surface area contributed by atoms with Crippen LogP contribution in [0.2, 0.25) is 0 Å². The maximum Gasteiger partial charge on any atom is 0.308 e. The fourth-order valence-corrected chi connectivity index (χ4v) is 5.89. The van der Waals surface area contributed by atoms with Crippen LogP contribution >= 0.6 is 11.3 Å². The number of nitro groups is 1. The molecule has 1 N–H and O–H groups in total. The van der Waals surface area contributed by atoms with Crippen molar-refractivity contribution in [3.63, 3.8) is 0 Å². The van der Waals surface area contributed by atoms with Gasteiger partial charge in [0.1, 0.15) is 6.04 Å². The minimum absolute atomic E-state index is 0.0191. The molecule has 0 saturated heterocycles. The summed E-state index contributed by atoms with van der Waals surface area (Å²) in [6, 6.07) is 9.03. The molecule has 0 aliphatic heterocycles. The lowest BCUT2D eigenvalue weighted by Crippen LogP contribution is -2.47. The van der Waals surface area contributed by atoms with Crippen LogP contribution < -0.4 is 14.5 Å². The molecular formula is C21H24N4O6S2. The molecule has 12 heteroatoms. The number of nitrogens with one attached hydrogen (secondary N) is 1. The van der Waals surface area contributed by atoms with E-state index < -0.39 is 26.9 Å². The van der Waals surface area contributed by atoms with Gasteiger partial charge in [-0.3, -0.25) is 28.6 Å². The summed E-state index contributed by atoms with van der Waals surface area (Å²) >= 11 is 1.06. The van der Waals surface area contributed by atoms with Crippen molar-refractivity contribution in [3.8, 4) is 0 Å². The number of anilines is 2. The number of rotatable bonds is 8. The van der Waals surface area contributed by atoms with Crippen LogP contribution in [-0.2, 0) is 14.8 Å². The lowest BCUT2D eigenvalue weighted by molar-refractivity contribution is -0.384. The lowest BCUT2D eigenvalue weighted by atomic mass is 10.1. The molecule has 0 radical (unpaired) electrons. The summed E-state index contributed by atoms with van der Waals surface area (Å²) in [7, 11) is -3.95. The normalized spacial score (nSPS) is 12.6. The highest BCUT2D eigenvalue weighted by Gasteiger charge is 2.32. The number of nitrogens with zero attached hydrogens (tertiary/aromatic N) is 3. The number of carbonyl (C=O) groups excluding carboxylic acids is 1. The third-order valence-corrected chi connectivity index (χ3v) is 7.12. The number of nitro benzene ring substituents is 1. The highest BCUT2D eigenvalue weighted by Crippen LogP contribution is 2.28. The van der Waals surface area contributed by atoms with Crippen molar-refractivity contribution >= 4 is 54.5 Å². The molecule has 2 aromatic carbocycles. The Kier molecular flexibility index (Phi) is 6.89. The van der Waals surface area contributed by atoms with Crippen molar-refractivity contribution < 1.29 is 18.1 Å². The van der Waals surface area contributed by atoms with E-state index in [2.05, 4.69) is 5.32 Å². The van der Waals surface area contributed by atoms with E-state index >= 15 is 0 Å². The molecule has 176 valence electrons. The Morgan fingerprint density at radius 2 is 1.94 bits per heavy atom. The van der Waals surface area contributed by atoms with Gasteiger partial charge in [-0.05, 0) is 44.5 Å². The van der Waals surface area contributed by atoms with Crippen LogP contribution in [0.5, 0.6) is 0 Å². The molecule has 10 nitrogen and oxygen atoms in total. The zero-order valence-corrected chi connectivity index (χ0v) is 20.1. The molecule has 1 atom stereocenters. The highest BCUT2D eigenvalue weighted by atomic mass is 32.2. The number of benzene rings is 2. The van der Waals surface area contributed by atoms with Gasteiger partial charge in [-0.25, -0.2) is 8.42 Å². The Morgan fingerprint density at radius 1 is 1.24 bits per heavy atom. The number of non-ortho nitro benzene ring substituents is 1. The topological polar surface area (TPSA) is 132 Å². The predicted molar refractivity (Wildman–Crippen MR) is 130 cm³/mol. The van der Waals surface area contributed by atoms with E-state index in [-0.39, 0.29) is 28.7 Å². The highest BCUT2D eigenvalue weighted by molar-refractivity contribution is 7.92. The van der Waals surface area contributed by atoms with Gasteiger partial charge < -0.3 is 5.32 Å². The molecule has 33 heavy (non-hydrogen) atoms. The number of fused-ring (bicyclic) bond motifs is 1. The summed E-state index contributed by atoms with van der Waals surface area (Å²) in [5.74, 6) is -0.593. The van der Waals surface area contributed by atoms with Crippen LogP contribution in [0.1, 0.15) is 33.2 Å². The zero-order chi connectivity index (χ0) is 24.5. The smallest absolute Gasteiger partial charge is 0.308 e. The number of amides is 1. The first-order chi connectivity index (χ1) is 15.4. The van der Waals surface area contributed by atoms with Crippen molar-refractivity contribution in [2.24, 2.45) is 0 Å². The maximum atomic E-state index is 13.1. The van der Waals surface area contributed by atoms with E-state index in [1.165, 1.54) is 18.2 Å². The van der Waals surface area contributed by atoms with Crippen LogP contribution in [-0.4, -0.2) is 36.1 Å². The molecule has 3 rings (SSSR count). The van der Waals surface area contributed by atoms with Gasteiger partial charge in [-0.15, -0.1) is 0 Å². The maximum absolute atomic E-state index is 13.1. The summed E-state index contributed by atoms with van der Waals surface area (Å²) < 4.78 is 28.4. The Balaban J connectivity index is 1.97. The number of hydrogen-bond donors (Lipinski definition) is 1. The quantitative estimate of drug-likeness (QED) is 0.376. The van der Waals surface area contributed by atoms with Crippen molar-refractivity contribution in [1.82, 2.24) is 4.57 Å². The summed E-state index contributed by atoms with van der Waals surface area (Å²) in [6.07, 6.45) is 1.07. The van der Waals surface area contributed by atoms with Crippen LogP contribution in [0.25, 0.3) is 10.2 Å². The van der Waals surface area contributed by atoms with E-state index in [0.717, 1.165) is 33.5 Å². The Labute approximate surface area is 194 Å². The monoisotopic (exact) mass is 492 g/mol. The second-order valence-electron chi connectivity index (χ2n) is 7.76. The number of thiazole rings is 1. The average molecular weight is 493 g/mol. The first-order valence-electron chi connectivity index (χ1n) is 10.1. The first-order valence-corrected chi connectivity index (χ1v) is 12.8. The Hall–Kier alpha value is -3.25. The first kappa shape index (κ1) is 24.4. The Bertz CT molecular complexity index is 1380. The van der Waals surface area contributed by atoms with Crippen molar-refractivity contribution in [1.29, 1.82) is 0 Å². The second kappa shape index (κ2) is 9.32. The molecule has 1 heterocycles. The molecule has 0 fully saturated rings. The third-order valence-electron chi connectivity index (χ3n) is 5.02. The molecule has 0 aliphatic rings. The molecule has 1 unspecified atom stereocenters. The average Bonchev–Trinajstić information content (AvgIpc) is 3.05. The van der Waals surface area contributed by atoms with Gasteiger partial charge in [0.2, 0.25) is 15.9 Å². The molecule has 1 aromatic heterocycles. The standard InChI is InChI=1S/C21H24N4O6S2/c1-5-17(24(33(4,30)31)15-7-6-8-16(12-15)25(28)29)20(26)22-14-9-10-18-19(11-14)32-21(27)23(18)13(2)3/h6-13,17H,5H2,1-4H3,(H,22,26). The molecule has 1 amide bonds.